The Labute approximate surface area is 102 Å². The molecular weight excluding hydrogens is 220 g/mol. The molecule has 1 heterocycles. The second-order valence-corrected chi connectivity index (χ2v) is 4.82. The van der Waals surface area contributed by atoms with Crippen molar-refractivity contribution in [3.05, 3.63) is 24.0 Å². The molecule has 0 aromatic carbocycles. The standard InChI is InChI=1S/C12H20N2OS/c1-2-16-9-3-8-15-12-5-4-11(6-7-13)14-10-12/h4-5,10H,2-3,6-9,13H2,1H3. The van der Waals surface area contributed by atoms with Gasteiger partial charge in [0.15, 0.2) is 0 Å². The average Bonchev–Trinajstić information content (AvgIpc) is 2.31. The average molecular weight is 240 g/mol. The molecule has 3 nitrogen and oxygen atoms in total. The van der Waals surface area contributed by atoms with Crippen LogP contribution >= 0.6 is 11.8 Å². The Morgan fingerprint density at radius 3 is 2.94 bits per heavy atom. The molecule has 0 atom stereocenters. The van der Waals surface area contributed by atoms with E-state index in [9.17, 15) is 0 Å². The second-order valence-electron chi connectivity index (χ2n) is 3.42. The van der Waals surface area contributed by atoms with Crippen LogP contribution in [0.2, 0.25) is 0 Å². The Morgan fingerprint density at radius 2 is 2.31 bits per heavy atom. The van der Waals surface area contributed by atoms with E-state index in [1.807, 2.05) is 23.9 Å². The predicted molar refractivity (Wildman–Crippen MR) is 70.1 cm³/mol. The summed E-state index contributed by atoms with van der Waals surface area (Å²) in [5, 5.41) is 0. The SMILES string of the molecule is CCSCCCOc1ccc(CCN)nc1. The van der Waals surface area contributed by atoms with Gasteiger partial charge in [-0.3, -0.25) is 4.98 Å². The number of rotatable bonds is 8. The van der Waals surface area contributed by atoms with E-state index < -0.39 is 0 Å². The Morgan fingerprint density at radius 1 is 1.44 bits per heavy atom. The van der Waals surface area contributed by atoms with Crippen LogP contribution in [-0.4, -0.2) is 29.6 Å². The van der Waals surface area contributed by atoms with Crippen LogP contribution in [0.1, 0.15) is 19.0 Å². The first kappa shape index (κ1) is 13.3. The highest BCUT2D eigenvalue weighted by atomic mass is 32.2. The molecule has 90 valence electrons. The zero-order valence-corrected chi connectivity index (χ0v) is 10.6. The van der Waals surface area contributed by atoms with Crippen molar-refractivity contribution in [2.24, 2.45) is 5.73 Å². The van der Waals surface area contributed by atoms with Gasteiger partial charge in [-0.15, -0.1) is 0 Å². The minimum absolute atomic E-state index is 0.640. The van der Waals surface area contributed by atoms with Crippen LogP contribution in [0, 0.1) is 0 Å². The third-order valence-corrected chi connectivity index (χ3v) is 3.09. The summed E-state index contributed by atoms with van der Waals surface area (Å²) >= 11 is 1.94. The molecule has 4 heteroatoms. The van der Waals surface area contributed by atoms with Crippen LogP contribution in [0.3, 0.4) is 0 Å². The lowest BCUT2D eigenvalue weighted by Gasteiger charge is -2.06. The van der Waals surface area contributed by atoms with Crippen molar-refractivity contribution in [3.63, 3.8) is 0 Å². The first-order valence-electron chi connectivity index (χ1n) is 5.72. The van der Waals surface area contributed by atoms with Gasteiger partial charge in [0.25, 0.3) is 0 Å². The third-order valence-electron chi connectivity index (χ3n) is 2.10. The summed E-state index contributed by atoms with van der Waals surface area (Å²) in [6.07, 6.45) is 3.69. The maximum absolute atomic E-state index is 5.58. The maximum Gasteiger partial charge on any atom is 0.137 e. The molecule has 0 aliphatic carbocycles. The van der Waals surface area contributed by atoms with E-state index >= 15 is 0 Å². The Bertz CT molecular complexity index is 277. The van der Waals surface area contributed by atoms with Gasteiger partial charge in [-0.1, -0.05) is 6.92 Å². The molecule has 0 spiro atoms. The molecule has 0 amide bonds. The lowest BCUT2D eigenvalue weighted by molar-refractivity contribution is 0.317. The van der Waals surface area contributed by atoms with Gasteiger partial charge in [-0.25, -0.2) is 0 Å². The van der Waals surface area contributed by atoms with Crippen molar-refractivity contribution >= 4 is 11.8 Å². The van der Waals surface area contributed by atoms with Crippen LogP contribution in [0.25, 0.3) is 0 Å². The molecule has 0 radical (unpaired) electrons. The highest BCUT2D eigenvalue weighted by Crippen LogP contribution is 2.10. The monoisotopic (exact) mass is 240 g/mol. The smallest absolute Gasteiger partial charge is 0.137 e. The quantitative estimate of drug-likeness (QED) is 0.707. The van der Waals surface area contributed by atoms with Gasteiger partial charge in [-0.05, 0) is 36.6 Å². The molecule has 16 heavy (non-hydrogen) atoms. The van der Waals surface area contributed by atoms with Crippen LogP contribution < -0.4 is 10.5 Å². The molecule has 1 rings (SSSR count). The highest BCUT2D eigenvalue weighted by Gasteiger charge is 1.96. The van der Waals surface area contributed by atoms with Crippen molar-refractivity contribution in [2.45, 2.75) is 19.8 Å². The molecule has 0 saturated heterocycles. The molecule has 0 aliphatic rings. The molecule has 1 aromatic heterocycles. The van der Waals surface area contributed by atoms with Gasteiger partial charge in [0.1, 0.15) is 5.75 Å². The van der Waals surface area contributed by atoms with Gasteiger partial charge in [0.05, 0.1) is 12.8 Å². The number of hydrogen-bond donors (Lipinski definition) is 1. The number of ether oxygens (including phenoxy) is 1. The summed E-state index contributed by atoms with van der Waals surface area (Å²) in [5.41, 5.74) is 6.48. The Hall–Kier alpha value is -0.740. The Balaban J connectivity index is 2.21. The predicted octanol–water partition coefficient (Wildman–Crippen LogP) is 2.10. The van der Waals surface area contributed by atoms with Crippen LogP contribution in [0.5, 0.6) is 5.75 Å². The first-order chi connectivity index (χ1) is 7.86. The topological polar surface area (TPSA) is 48.1 Å². The van der Waals surface area contributed by atoms with Crippen molar-refractivity contribution in [1.82, 2.24) is 4.98 Å². The fourth-order valence-electron chi connectivity index (χ4n) is 1.29. The van der Waals surface area contributed by atoms with E-state index in [1.54, 1.807) is 6.20 Å². The molecular formula is C12H20N2OS. The molecule has 0 bridgehead atoms. The van der Waals surface area contributed by atoms with E-state index in [4.69, 9.17) is 10.5 Å². The molecule has 0 saturated carbocycles. The summed E-state index contributed by atoms with van der Waals surface area (Å²) in [7, 11) is 0. The molecule has 2 N–H and O–H groups in total. The fraction of sp³-hybridized carbons (Fsp3) is 0.583. The zero-order chi connectivity index (χ0) is 11.6. The van der Waals surface area contributed by atoms with Crippen molar-refractivity contribution in [1.29, 1.82) is 0 Å². The van der Waals surface area contributed by atoms with Crippen molar-refractivity contribution in [2.75, 3.05) is 24.7 Å². The summed E-state index contributed by atoms with van der Waals surface area (Å²) in [6, 6.07) is 3.94. The minimum atomic E-state index is 0.640. The van der Waals surface area contributed by atoms with E-state index in [1.165, 1.54) is 5.75 Å². The number of hydrogen-bond acceptors (Lipinski definition) is 4. The van der Waals surface area contributed by atoms with Gasteiger partial charge in [0.2, 0.25) is 0 Å². The van der Waals surface area contributed by atoms with Crippen molar-refractivity contribution < 1.29 is 4.74 Å². The van der Waals surface area contributed by atoms with Gasteiger partial charge in [-0.2, -0.15) is 11.8 Å². The minimum Gasteiger partial charge on any atom is -0.492 e. The number of thioether (sulfide) groups is 1. The zero-order valence-electron chi connectivity index (χ0n) is 9.82. The second kappa shape index (κ2) is 8.42. The summed E-state index contributed by atoms with van der Waals surface area (Å²) in [6.45, 7) is 3.58. The highest BCUT2D eigenvalue weighted by molar-refractivity contribution is 7.99. The fourth-order valence-corrected chi connectivity index (χ4v) is 1.90. The van der Waals surface area contributed by atoms with Crippen LogP contribution in [0.15, 0.2) is 18.3 Å². The maximum atomic E-state index is 5.58. The van der Waals surface area contributed by atoms with E-state index in [-0.39, 0.29) is 0 Å². The first-order valence-corrected chi connectivity index (χ1v) is 6.87. The van der Waals surface area contributed by atoms with Gasteiger partial charge in [0, 0.05) is 12.1 Å². The lowest BCUT2D eigenvalue weighted by atomic mass is 10.3. The van der Waals surface area contributed by atoms with E-state index in [0.717, 1.165) is 36.6 Å². The molecule has 1 aromatic rings. The number of aromatic nitrogens is 1. The van der Waals surface area contributed by atoms with Crippen LogP contribution in [-0.2, 0) is 6.42 Å². The third kappa shape index (κ3) is 5.37. The molecule has 0 aliphatic heterocycles. The van der Waals surface area contributed by atoms with E-state index in [0.29, 0.717) is 6.54 Å². The normalized spacial score (nSPS) is 10.4. The van der Waals surface area contributed by atoms with Gasteiger partial charge < -0.3 is 10.5 Å². The van der Waals surface area contributed by atoms with Crippen LogP contribution in [0.4, 0.5) is 0 Å². The summed E-state index contributed by atoms with van der Waals surface area (Å²) < 4.78 is 5.58. The summed E-state index contributed by atoms with van der Waals surface area (Å²) in [5.74, 6) is 3.19. The van der Waals surface area contributed by atoms with E-state index in [2.05, 4.69) is 11.9 Å². The Kier molecular flexibility index (Phi) is 7.01. The van der Waals surface area contributed by atoms with Crippen molar-refractivity contribution in [3.8, 4) is 5.75 Å². The molecule has 0 fully saturated rings. The summed E-state index contributed by atoms with van der Waals surface area (Å²) in [4.78, 5) is 4.27. The number of pyridine rings is 1. The van der Waals surface area contributed by atoms with Gasteiger partial charge >= 0.3 is 0 Å². The molecule has 0 unspecified atom stereocenters. The number of nitrogens with two attached hydrogens (primary N) is 1. The lowest BCUT2D eigenvalue weighted by Crippen LogP contribution is -2.04. The number of nitrogens with zero attached hydrogens (tertiary/aromatic N) is 1. The largest absolute Gasteiger partial charge is 0.492 e.